The third kappa shape index (κ3) is 3.38. The number of ether oxygens (including phenoxy) is 1. The molecule has 0 saturated carbocycles. The molecular weight excluding hydrogens is 276 g/mol. The number of rotatable bonds is 3. The Hall–Kier alpha value is -2.41. The summed E-state index contributed by atoms with van der Waals surface area (Å²) in [5.41, 5.74) is -0.0417. The highest BCUT2D eigenvalue weighted by atomic mass is 16.5. The number of carbonyl (C=O) groups excluding carboxylic acids is 2. The van der Waals surface area contributed by atoms with Gasteiger partial charge in [-0.25, -0.2) is 4.79 Å². The van der Waals surface area contributed by atoms with Crippen molar-refractivity contribution in [3.63, 3.8) is 0 Å². The molecule has 0 bridgehead atoms. The lowest BCUT2D eigenvalue weighted by atomic mass is 9.99. The molecule has 0 spiro atoms. The van der Waals surface area contributed by atoms with Crippen molar-refractivity contribution < 1.29 is 24.2 Å². The normalized spacial score (nSPS) is 20.8. The first-order valence-electron chi connectivity index (χ1n) is 6.44. The molecule has 1 aromatic rings. The lowest BCUT2D eigenvalue weighted by Gasteiger charge is -2.23. The van der Waals surface area contributed by atoms with Gasteiger partial charge < -0.3 is 20.5 Å². The van der Waals surface area contributed by atoms with Crippen LogP contribution in [-0.4, -0.2) is 41.6 Å². The van der Waals surface area contributed by atoms with Crippen LogP contribution in [0.5, 0.6) is 0 Å². The largest absolute Gasteiger partial charge is 0.479 e. The number of anilines is 1. The summed E-state index contributed by atoms with van der Waals surface area (Å²) >= 11 is 0. The van der Waals surface area contributed by atoms with Crippen LogP contribution in [0.3, 0.4) is 0 Å². The quantitative estimate of drug-likeness (QED) is 0.695. The van der Waals surface area contributed by atoms with E-state index in [1.54, 1.807) is 24.3 Å². The van der Waals surface area contributed by atoms with Crippen LogP contribution in [0, 0.1) is 6.92 Å². The van der Waals surface area contributed by atoms with E-state index in [4.69, 9.17) is 4.74 Å². The van der Waals surface area contributed by atoms with Gasteiger partial charge in [0.15, 0.2) is 5.54 Å². The van der Waals surface area contributed by atoms with E-state index in [2.05, 4.69) is 10.6 Å². The molecule has 1 saturated heterocycles. The maximum Gasteiger partial charge on any atom is 0.331 e. The number of aliphatic carboxylic acids is 1. The Morgan fingerprint density at radius 2 is 1.86 bits per heavy atom. The van der Waals surface area contributed by atoms with Gasteiger partial charge in [0.05, 0.1) is 6.61 Å². The highest BCUT2D eigenvalue weighted by Crippen LogP contribution is 2.19. The van der Waals surface area contributed by atoms with Crippen molar-refractivity contribution in [2.75, 3.05) is 18.5 Å². The smallest absolute Gasteiger partial charge is 0.331 e. The lowest BCUT2D eigenvalue weighted by molar-refractivity contribution is -0.148. The minimum absolute atomic E-state index is 0.131. The zero-order valence-corrected chi connectivity index (χ0v) is 11.5. The molecule has 0 aromatic heterocycles. The first-order valence-corrected chi connectivity index (χ1v) is 6.44. The monoisotopic (exact) mass is 292 g/mol. The number of benzene rings is 1. The Bertz CT molecular complexity index is 561. The zero-order valence-electron chi connectivity index (χ0n) is 11.5. The number of hydrogen-bond donors (Lipinski definition) is 3. The van der Waals surface area contributed by atoms with Crippen LogP contribution in [0.15, 0.2) is 24.3 Å². The Labute approximate surface area is 121 Å². The molecule has 1 aliphatic heterocycles. The molecule has 1 fully saturated rings. The van der Waals surface area contributed by atoms with Crippen molar-refractivity contribution >= 4 is 23.5 Å². The van der Waals surface area contributed by atoms with E-state index in [1.165, 1.54) is 0 Å². The average molecular weight is 292 g/mol. The zero-order chi connectivity index (χ0) is 15.5. The van der Waals surface area contributed by atoms with Crippen LogP contribution in [0.25, 0.3) is 0 Å². The van der Waals surface area contributed by atoms with Crippen LogP contribution < -0.4 is 10.6 Å². The molecule has 7 heteroatoms. The van der Waals surface area contributed by atoms with E-state index < -0.39 is 23.3 Å². The van der Waals surface area contributed by atoms with Gasteiger partial charge in [-0.2, -0.15) is 0 Å². The molecule has 1 aromatic carbocycles. The van der Waals surface area contributed by atoms with Gasteiger partial charge in [0.2, 0.25) is 0 Å². The Morgan fingerprint density at radius 1 is 1.19 bits per heavy atom. The van der Waals surface area contributed by atoms with Crippen LogP contribution in [0.2, 0.25) is 0 Å². The lowest BCUT2D eigenvalue weighted by Crippen LogP contribution is -2.57. The van der Waals surface area contributed by atoms with Gasteiger partial charge in [-0.3, -0.25) is 9.59 Å². The summed E-state index contributed by atoms with van der Waals surface area (Å²) in [6.07, 6.45) is 0.131. The van der Waals surface area contributed by atoms with Gasteiger partial charge in [-0.1, -0.05) is 17.7 Å². The predicted molar refractivity (Wildman–Crippen MR) is 73.8 cm³/mol. The number of carboxylic acid groups (broad SMARTS) is 1. The third-order valence-electron chi connectivity index (χ3n) is 3.30. The molecular formula is C14H16N2O5. The van der Waals surface area contributed by atoms with Gasteiger partial charge >= 0.3 is 17.8 Å². The highest BCUT2D eigenvalue weighted by molar-refractivity contribution is 6.40. The summed E-state index contributed by atoms with van der Waals surface area (Å²) in [5.74, 6) is -3.12. The van der Waals surface area contributed by atoms with E-state index in [-0.39, 0.29) is 19.6 Å². The van der Waals surface area contributed by atoms with Crippen LogP contribution in [0.1, 0.15) is 12.0 Å². The Kier molecular flexibility index (Phi) is 4.23. The standard InChI is InChI=1S/C14H16N2O5/c1-9-2-4-10(5-3-9)15-11(17)12(18)16-14(13(19)20)6-7-21-8-14/h2-5H,6-8H2,1H3,(H,15,17)(H,16,18)(H,19,20). The molecule has 1 aliphatic rings. The summed E-state index contributed by atoms with van der Waals surface area (Å²) in [4.78, 5) is 34.9. The third-order valence-corrected chi connectivity index (χ3v) is 3.30. The van der Waals surface area contributed by atoms with E-state index in [0.717, 1.165) is 5.56 Å². The van der Waals surface area contributed by atoms with Crippen LogP contribution >= 0.6 is 0 Å². The number of hydrogen-bond acceptors (Lipinski definition) is 4. The first-order chi connectivity index (χ1) is 9.93. The van der Waals surface area contributed by atoms with Gasteiger partial charge in [0, 0.05) is 18.7 Å². The van der Waals surface area contributed by atoms with Gasteiger partial charge in [-0.15, -0.1) is 0 Å². The van der Waals surface area contributed by atoms with Gasteiger partial charge in [-0.05, 0) is 19.1 Å². The molecule has 21 heavy (non-hydrogen) atoms. The average Bonchev–Trinajstić information content (AvgIpc) is 2.91. The molecule has 2 rings (SSSR count). The fraction of sp³-hybridized carbons (Fsp3) is 0.357. The minimum Gasteiger partial charge on any atom is -0.479 e. The first kappa shape index (κ1) is 15.0. The summed E-state index contributed by atoms with van der Waals surface area (Å²) in [7, 11) is 0. The molecule has 7 nitrogen and oxygen atoms in total. The SMILES string of the molecule is Cc1ccc(NC(=O)C(=O)NC2(C(=O)O)CCOC2)cc1. The fourth-order valence-corrected chi connectivity index (χ4v) is 1.98. The molecule has 2 amide bonds. The van der Waals surface area contributed by atoms with Crippen molar-refractivity contribution in [3.8, 4) is 0 Å². The van der Waals surface area contributed by atoms with E-state index in [9.17, 15) is 19.5 Å². The number of aryl methyl sites for hydroxylation is 1. The number of amides is 2. The van der Waals surface area contributed by atoms with E-state index in [1.807, 2.05) is 6.92 Å². The summed E-state index contributed by atoms with van der Waals surface area (Å²) in [6, 6.07) is 6.90. The molecule has 1 unspecified atom stereocenters. The Morgan fingerprint density at radius 3 is 2.38 bits per heavy atom. The minimum atomic E-state index is -1.53. The molecule has 0 aliphatic carbocycles. The van der Waals surface area contributed by atoms with Crippen molar-refractivity contribution in [2.24, 2.45) is 0 Å². The van der Waals surface area contributed by atoms with Crippen molar-refractivity contribution in [3.05, 3.63) is 29.8 Å². The van der Waals surface area contributed by atoms with E-state index >= 15 is 0 Å². The molecule has 1 heterocycles. The Balaban J connectivity index is 2.00. The summed E-state index contributed by atoms with van der Waals surface area (Å²) in [5, 5.41) is 13.9. The highest BCUT2D eigenvalue weighted by Gasteiger charge is 2.44. The van der Waals surface area contributed by atoms with Crippen molar-refractivity contribution in [1.29, 1.82) is 0 Å². The summed E-state index contributed by atoms with van der Waals surface area (Å²) in [6.45, 7) is 1.98. The maximum absolute atomic E-state index is 11.8. The molecule has 0 radical (unpaired) electrons. The molecule has 3 N–H and O–H groups in total. The van der Waals surface area contributed by atoms with E-state index in [0.29, 0.717) is 5.69 Å². The van der Waals surface area contributed by atoms with Gasteiger partial charge in [0.1, 0.15) is 0 Å². The maximum atomic E-state index is 11.8. The van der Waals surface area contributed by atoms with Crippen molar-refractivity contribution in [2.45, 2.75) is 18.9 Å². The van der Waals surface area contributed by atoms with Crippen LogP contribution in [0.4, 0.5) is 5.69 Å². The second-order valence-corrected chi connectivity index (χ2v) is 4.96. The molecule has 1 atom stereocenters. The van der Waals surface area contributed by atoms with Crippen molar-refractivity contribution in [1.82, 2.24) is 5.32 Å². The number of carboxylic acids is 1. The second kappa shape index (κ2) is 5.92. The predicted octanol–water partition coefficient (Wildman–Crippen LogP) is 0.293. The molecule has 112 valence electrons. The van der Waals surface area contributed by atoms with Gasteiger partial charge in [0.25, 0.3) is 0 Å². The number of carbonyl (C=O) groups is 3. The second-order valence-electron chi connectivity index (χ2n) is 4.96. The van der Waals surface area contributed by atoms with Crippen LogP contribution in [-0.2, 0) is 19.1 Å². The number of nitrogens with one attached hydrogen (secondary N) is 2. The fourth-order valence-electron chi connectivity index (χ4n) is 1.98. The topological polar surface area (TPSA) is 105 Å². The summed E-state index contributed by atoms with van der Waals surface area (Å²) < 4.78 is 5.01.